The molecule has 1 aromatic rings. The van der Waals surface area contributed by atoms with Crippen LogP contribution in [0.4, 0.5) is 18.9 Å². The molecule has 94 valence electrons. The molecule has 0 heterocycles. The van der Waals surface area contributed by atoms with Crippen LogP contribution in [-0.4, -0.2) is 5.78 Å². The zero-order valence-electron chi connectivity index (χ0n) is 9.85. The van der Waals surface area contributed by atoms with Crippen molar-refractivity contribution >= 4 is 11.5 Å². The summed E-state index contributed by atoms with van der Waals surface area (Å²) >= 11 is 0. The third-order valence-electron chi connectivity index (χ3n) is 2.31. The third kappa shape index (κ3) is 2.99. The summed E-state index contributed by atoms with van der Waals surface area (Å²) in [6.45, 7) is 4.90. The first kappa shape index (κ1) is 13.5. The fraction of sp³-hybridized carbons (Fsp3) is 0.417. The lowest BCUT2D eigenvalue weighted by molar-refractivity contribution is -0.137. The Morgan fingerprint density at radius 1 is 1.18 bits per heavy atom. The van der Waals surface area contributed by atoms with Crippen LogP contribution < -0.4 is 5.73 Å². The number of Topliss-reactive ketones (excluding diaryl/α,β-unsaturated/α-hetero) is 1. The molecule has 2 nitrogen and oxygen atoms in total. The molecule has 0 spiro atoms. The maximum absolute atomic E-state index is 12.5. The van der Waals surface area contributed by atoms with E-state index in [-0.39, 0.29) is 11.3 Å². The van der Waals surface area contributed by atoms with Crippen molar-refractivity contribution in [3.8, 4) is 0 Å². The van der Waals surface area contributed by atoms with E-state index in [1.54, 1.807) is 20.8 Å². The van der Waals surface area contributed by atoms with Crippen molar-refractivity contribution in [2.24, 2.45) is 5.41 Å². The van der Waals surface area contributed by atoms with Gasteiger partial charge >= 0.3 is 6.18 Å². The van der Waals surface area contributed by atoms with Gasteiger partial charge in [-0.3, -0.25) is 4.79 Å². The van der Waals surface area contributed by atoms with E-state index in [1.165, 1.54) is 0 Å². The van der Waals surface area contributed by atoms with E-state index >= 15 is 0 Å². The van der Waals surface area contributed by atoms with Crippen LogP contribution in [0.1, 0.15) is 36.7 Å². The quantitative estimate of drug-likeness (QED) is 0.607. The number of alkyl halides is 3. The van der Waals surface area contributed by atoms with E-state index in [0.29, 0.717) is 0 Å². The van der Waals surface area contributed by atoms with Gasteiger partial charge < -0.3 is 5.73 Å². The van der Waals surface area contributed by atoms with Gasteiger partial charge in [0.1, 0.15) is 0 Å². The van der Waals surface area contributed by atoms with Crippen molar-refractivity contribution in [3.63, 3.8) is 0 Å². The lowest BCUT2D eigenvalue weighted by Crippen LogP contribution is -2.22. The van der Waals surface area contributed by atoms with E-state index in [1.807, 2.05) is 0 Å². The number of ketones is 1. The first-order valence-electron chi connectivity index (χ1n) is 5.05. The van der Waals surface area contributed by atoms with Crippen molar-refractivity contribution in [2.45, 2.75) is 26.9 Å². The summed E-state index contributed by atoms with van der Waals surface area (Å²) < 4.78 is 37.5. The highest BCUT2D eigenvalue weighted by molar-refractivity contribution is 6.04. The number of nitrogen functional groups attached to an aromatic ring is 1. The third-order valence-corrected chi connectivity index (χ3v) is 2.31. The monoisotopic (exact) mass is 245 g/mol. The van der Waals surface area contributed by atoms with Crippen LogP contribution >= 0.6 is 0 Å². The second-order valence-corrected chi connectivity index (χ2v) is 4.88. The average Bonchev–Trinajstić information content (AvgIpc) is 2.14. The lowest BCUT2D eigenvalue weighted by Gasteiger charge is -2.19. The van der Waals surface area contributed by atoms with E-state index in [4.69, 9.17) is 5.73 Å². The molecule has 0 fully saturated rings. The molecule has 0 amide bonds. The predicted molar refractivity (Wildman–Crippen MR) is 59.6 cm³/mol. The van der Waals surface area contributed by atoms with Gasteiger partial charge in [0.2, 0.25) is 0 Å². The maximum Gasteiger partial charge on any atom is 0.416 e. The van der Waals surface area contributed by atoms with Gasteiger partial charge in [-0.05, 0) is 18.2 Å². The first-order valence-corrected chi connectivity index (χ1v) is 5.05. The molecular weight excluding hydrogens is 231 g/mol. The number of carbonyl (C=O) groups excluding carboxylic acids is 1. The number of benzene rings is 1. The summed E-state index contributed by atoms with van der Waals surface area (Å²) in [4.78, 5) is 11.9. The second-order valence-electron chi connectivity index (χ2n) is 4.88. The van der Waals surface area contributed by atoms with E-state index in [0.717, 1.165) is 18.2 Å². The Hall–Kier alpha value is -1.52. The standard InChI is InChI=1S/C12H14F3NO/c1-11(2,3)10(17)8-6-7(12(13,14)15)4-5-9(8)16/h4-6H,16H2,1-3H3. The minimum atomic E-state index is -4.47. The van der Waals surface area contributed by atoms with Crippen LogP contribution in [-0.2, 0) is 6.18 Å². The molecule has 0 atom stereocenters. The van der Waals surface area contributed by atoms with Gasteiger partial charge in [-0.2, -0.15) is 13.2 Å². The first-order chi connectivity index (χ1) is 7.53. The molecule has 0 aliphatic carbocycles. The summed E-state index contributed by atoms with van der Waals surface area (Å²) in [5.41, 5.74) is 3.91. The summed E-state index contributed by atoms with van der Waals surface area (Å²) in [5, 5.41) is 0. The van der Waals surface area contributed by atoms with Crippen LogP contribution in [0.5, 0.6) is 0 Å². The molecule has 1 aromatic carbocycles. The molecule has 0 radical (unpaired) electrons. The number of nitrogens with two attached hydrogens (primary N) is 1. The van der Waals surface area contributed by atoms with Crippen molar-refractivity contribution in [2.75, 3.05) is 5.73 Å². The van der Waals surface area contributed by atoms with Crippen LogP contribution in [0.3, 0.4) is 0 Å². The number of hydrogen-bond donors (Lipinski definition) is 1. The molecule has 0 aromatic heterocycles. The van der Waals surface area contributed by atoms with E-state index in [9.17, 15) is 18.0 Å². The van der Waals surface area contributed by atoms with Crippen LogP contribution in [0.25, 0.3) is 0 Å². The Morgan fingerprint density at radius 2 is 1.71 bits per heavy atom. The molecule has 0 unspecified atom stereocenters. The Labute approximate surface area is 97.6 Å². The molecule has 0 aliphatic rings. The Balaban J connectivity index is 3.30. The van der Waals surface area contributed by atoms with Gasteiger partial charge in [-0.15, -0.1) is 0 Å². The van der Waals surface area contributed by atoms with Gasteiger partial charge in [0.15, 0.2) is 5.78 Å². The molecule has 0 saturated carbocycles. The highest BCUT2D eigenvalue weighted by atomic mass is 19.4. The van der Waals surface area contributed by atoms with Crippen LogP contribution in [0.2, 0.25) is 0 Å². The zero-order valence-corrected chi connectivity index (χ0v) is 9.85. The molecule has 0 aliphatic heterocycles. The summed E-state index contributed by atoms with van der Waals surface area (Å²) in [6, 6.07) is 2.79. The van der Waals surface area contributed by atoms with Gasteiger partial charge in [-0.1, -0.05) is 20.8 Å². The molecule has 17 heavy (non-hydrogen) atoms. The van der Waals surface area contributed by atoms with Gasteiger partial charge in [0.05, 0.1) is 5.56 Å². The van der Waals surface area contributed by atoms with Gasteiger partial charge in [0.25, 0.3) is 0 Å². The zero-order chi connectivity index (χ0) is 13.4. The highest BCUT2D eigenvalue weighted by Crippen LogP contribution is 2.33. The van der Waals surface area contributed by atoms with Crippen molar-refractivity contribution in [3.05, 3.63) is 29.3 Å². The minimum absolute atomic E-state index is 0.0675. The maximum atomic E-state index is 12.5. The predicted octanol–water partition coefficient (Wildman–Crippen LogP) is 3.52. The molecule has 5 heteroatoms. The topological polar surface area (TPSA) is 43.1 Å². The normalized spacial score (nSPS) is 12.6. The van der Waals surface area contributed by atoms with Gasteiger partial charge in [0, 0.05) is 16.7 Å². The summed E-state index contributed by atoms with van der Waals surface area (Å²) in [5.74, 6) is -0.402. The highest BCUT2D eigenvalue weighted by Gasteiger charge is 2.33. The van der Waals surface area contributed by atoms with Crippen molar-refractivity contribution < 1.29 is 18.0 Å². The minimum Gasteiger partial charge on any atom is -0.398 e. The Kier molecular flexibility index (Phi) is 3.23. The molecule has 1 rings (SSSR count). The van der Waals surface area contributed by atoms with E-state index in [2.05, 4.69) is 0 Å². The lowest BCUT2D eigenvalue weighted by atomic mass is 9.85. The number of rotatable bonds is 1. The van der Waals surface area contributed by atoms with Crippen LogP contribution in [0.15, 0.2) is 18.2 Å². The fourth-order valence-corrected chi connectivity index (χ4v) is 1.33. The van der Waals surface area contributed by atoms with E-state index < -0.39 is 22.9 Å². The Morgan fingerprint density at radius 3 is 2.12 bits per heavy atom. The number of hydrogen-bond acceptors (Lipinski definition) is 2. The molecule has 0 saturated heterocycles. The summed E-state index contributed by atoms with van der Waals surface area (Å²) in [7, 11) is 0. The number of anilines is 1. The molecule has 0 bridgehead atoms. The Bertz CT molecular complexity index is 444. The number of halogens is 3. The van der Waals surface area contributed by atoms with Crippen LogP contribution in [0, 0.1) is 5.41 Å². The SMILES string of the molecule is CC(C)(C)C(=O)c1cc(C(F)(F)F)ccc1N. The largest absolute Gasteiger partial charge is 0.416 e. The fourth-order valence-electron chi connectivity index (χ4n) is 1.33. The van der Waals surface area contributed by atoms with Gasteiger partial charge in [-0.25, -0.2) is 0 Å². The smallest absolute Gasteiger partial charge is 0.398 e. The average molecular weight is 245 g/mol. The number of carbonyl (C=O) groups is 1. The van der Waals surface area contributed by atoms with Crippen molar-refractivity contribution in [1.82, 2.24) is 0 Å². The van der Waals surface area contributed by atoms with Crippen molar-refractivity contribution in [1.29, 1.82) is 0 Å². The molecule has 2 N–H and O–H groups in total. The second kappa shape index (κ2) is 4.05. The summed E-state index contributed by atoms with van der Waals surface area (Å²) in [6.07, 6.45) is -4.47. The molecular formula is C12H14F3NO.